The molecule has 0 spiro atoms. The monoisotopic (exact) mass is 367 g/mol. The van der Waals surface area contributed by atoms with E-state index in [1.807, 2.05) is 30.3 Å². The molecule has 8 nitrogen and oxygen atoms in total. The van der Waals surface area contributed by atoms with Crippen LogP contribution in [-0.2, 0) is 4.79 Å². The molecule has 0 aliphatic carbocycles. The van der Waals surface area contributed by atoms with Crippen molar-refractivity contribution in [2.75, 3.05) is 0 Å². The van der Waals surface area contributed by atoms with E-state index in [9.17, 15) is 9.59 Å². The summed E-state index contributed by atoms with van der Waals surface area (Å²) in [5.41, 5.74) is 1.74. The highest BCUT2D eigenvalue weighted by Crippen LogP contribution is 2.22. The number of hydrogen-bond acceptors (Lipinski definition) is 5. The lowest BCUT2D eigenvalue weighted by molar-refractivity contribution is -0.137. The number of pyridine rings is 1. The highest BCUT2D eigenvalue weighted by Gasteiger charge is 2.26. The topological polar surface area (TPSA) is 110 Å². The minimum Gasteiger partial charge on any atom is -0.481 e. The molecule has 2 aromatic heterocycles. The molecule has 8 heteroatoms. The summed E-state index contributed by atoms with van der Waals surface area (Å²) in [5, 5.41) is 20.8. The Morgan fingerprint density at radius 2 is 2.00 bits per heavy atom. The summed E-state index contributed by atoms with van der Waals surface area (Å²) in [5.74, 6) is -1.28. The number of carboxylic acid groups (broad SMARTS) is 1. The van der Waals surface area contributed by atoms with Crippen LogP contribution in [0.1, 0.15) is 42.9 Å². The van der Waals surface area contributed by atoms with Crippen molar-refractivity contribution in [2.45, 2.75) is 39.2 Å². The van der Waals surface area contributed by atoms with Crippen LogP contribution in [0.4, 0.5) is 0 Å². The molecule has 0 aliphatic rings. The number of carboxylic acids is 1. The molecule has 0 unspecified atom stereocenters. The minimum absolute atomic E-state index is 0.0258. The highest BCUT2D eigenvalue weighted by molar-refractivity contribution is 5.94. The number of hydrogen-bond donors (Lipinski definition) is 2. The summed E-state index contributed by atoms with van der Waals surface area (Å²) in [6, 6.07) is 9.46. The van der Waals surface area contributed by atoms with Crippen LogP contribution in [0, 0.1) is 6.92 Å². The fraction of sp³-hybridized carbons (Fsp3) is 0.316. The number of carbonyl (C=O) groups excluding carboxylic acids is 1. The van der Waals surface area contributed by atoms with E-state index in [4.69, 9.17) is 5.11 Å². The maximum absolute atomic E-state index is 12.6. The van der Waals surface area contributed by atoms with Crippen LogP contribution >= 0.6 is 0 Å². The van der Waals surface area contributed by atoms with Gasteiger partial charge in [-0.1, -0.05) is 11.3 Å². The van der Waals surface area contributed by atoms with E-state index in [0.717, 1.165) is 16.6 Å². The lowest BCUT2D eigenvalue weighted by Crippen LogP contribution is -2.44. The van der Waals surface area contributed by atoms with Crippen LogP contribution in [-0.4, -0.2) is 42.5 Å². The predicted molar refractivity (Wildman–Crippen MR) is 99.8 cm³/mol. The zero-order valence-corrected chi connectivity index (χ0v) is 15.4. The van der Waals surface area contributed by atoms with Gasteiger partial charge in [0.15, 0.2) is 5.69 Å². The molecule has 0 fully saturated rings. The Labute approximate surface area is 156 Å². The van der Waals surface area contributed by atoms with E-state index in [0.29, 0.717) is 12.1 Å². The van der Waals surface area contributed by atoms with E-state index in [1.54, 1.807) is 31.6 Å². The van der Waals surface area contributed by atoms with E-state index < -0.39 is 11.5 Å². The van der Waals surface area contributed by atoms with Gasteiger partial charge >= 0.3 is 5.97 Å². The molecule has 0 saturated heterocycles. The Morgan fingerprint density at radius 1 is 1.22 bits per heavy atom. The number of nitrogens with zero attached hydrogens (tertiary/aromatic N) is 4. The number of fused-ring (bicyclic) bond motifs is 1. The van der Waals surface area contributed by atoms with Gasteiger partial charge in [0, 0.05) is 23.5 Å². The van der Waals surface area contributed by atoms with Crippen molar-refractivity contribution >= 4 is 22.8 Å². The smallest absolute Gasteiger partial charge is 0.303 e. The van der Waals surface area contributed by atoms with Gasteiger partial charge in [-0.2, -0.15) is 0 Å². The summed E-state index contributed by atoms with van der Waals surface area (Å²) in [4.78, 5) is 27.8. The second-order valence-corrected chi connectivity index (χ2v) is 7.01. The van der Waals surface area contributed by atoms with Gasteiger partial charge in [0.1, 0.15) is 0 Å². The van der Waals surface area contributed by atoms with Crippen LogP contribution in [0.25, 0.3) is 16.6 Å². The normalized spacial score (nSPS) is 11.5. The van der Waals surface area contributed by atoms with Gasteiger partial charge in [-0.25, -0.2) is 4.68 Å². The van der Waals surface area contributed by atoms with Crippen molar-refractivity contribution in [2.24, 2.45) is 0 Å². The Balaban J connectivity index is 1.89. The standard InChI is InChI=1S/C19H21N5O3/c1-12-17(18(27)21-19(2,3)10-9-16(25)26)22-23-24(12)15-8-4-7-14-13(15)6-5-11-20-14/h4-8,11H,9-10H2,1-3H3,(H,21,27)(H,25,26). The average molecular weight is 367 g/mol. The first-order valence-electron chi connectivity index (χ1n) is 8.59. The number of aliphatic carboxylic acids is 1. The van der Waals surface area contributed by atoms with Gasteiger partial charge in [0.25, 0.3) is 5.91 Å². The quantitative estimate of drug-likeness (QED) is 0.693. The molecule has 0 bridgehead atoms. The number of amides is 1. The molecule has 1 amide bonds. The first kappa shape index (κ1) is 18.5. The number of rotatable bonds is 6. The van der Waals surface area contributed by atoms with Crippen LogP contribution in [0.2, 0.25) is 0 Å². The van der Waals surface area contributed by atoms with Gasteiger partial charge in [0.2, 0.25) is 0 Å². The van der Waals surface area contributed by atoms with Gasteiger partial charge in [-0.3, -0.25) is 14.6 Å². The van der Waals surface area contributed by atoms with Crippen LogP contribution in [0.3, 0.4) is 0 Å². The molecule has 0 saturated carbocycles. The minimum atomic E-state index is -0.899. The molecule has 140 valence electrons. The Bertz CT molecular complexity index is 1000. The zero-order chi connectivity index (χ0) is 19.6. The lowest BCUT2D eigenvalue weighted by atomic mass is 9.98. The van der Waals surface area contributed by atoms with Crippen molar-refractivity contribution in [1.29, 1.82) is 0 Å². The van der Waals surface area contributed by atoms with Crippen molar-refractivity contribution in [3.8, 4) is 5.69 Å². The maximum Gasteiger partial charge on any atom is 0.303 e. The van der Waals surface area contributed by atoms with E-state index in [-0.39, 0.29) is 18.0 Å². The third-order valence-electron chi connectivity index (χ3n) is 4.38. The number of nitrogens with one attached hydrogen (secondary N) is 1. The SMILES string of the molecule is Cc1c(C(=O)NC(C)(C)CCC(=O)O)nnn1-c1cccc2ncccc12. The Kier molecular flexibility index (Phi) is 4.89. The Morgan fingerprint density at radius 3 is 2.74 bits per heavy atom. The first-order valence-corrected chi connectivity index (χ1v) is 8.59. The van der Waals surface area contributed by atoms with E-state index in [2.05, 4.69) is 20.6 Å². The van der Waals surface area contributed by atoms with Crippen molar-refractivity contribution in [1.82, 2.24) is 25.3 Å². The van der Waals surface area contributed by atoms with Gasteiger partial charge < -0.3 is 10.4 Å². The second-order valence-electron chi connectivity index (χ2n) is 7.01. The fourth-order valence-electron chi connectivity index (χ4n) is 2.89. The van der Waals surface area contributed by atoms with Crippen molar-refractivity contribution in [3.63, 3.8) is 0 Å². The van der Waals surface area contributed by atoms with Crippen LogP contribution in [0.15, 0.2) is 36.5 Å². The van der Waals surface area contributed by atoms with Crippen molar-refractivity contribution < 1.29 is 14.7 Å². The molecular formula is C19H21N5O3. The zero-order valence-electron chi connectivity index (χ0n) is 15.4. The Hall–Kier alpha value is -3.29. The molecule has 0 atom stereocenters. The molecule has 2 heterocycles. The predicted octanol–water partition coefficient (Wildman–Crippen LogP) is 2.50. The maximum atomic E-state index is 12.6. The second kappa shape index (κ2) is 7.14. The van der Waals surface area contributed by atoms with Gasteiger partial charge in [-0.15, -0.1) is 5.10 Å². The van der Waals surface area contributed by atoms with E-state index in [1.165, 1.54) is 0 Å². The number of aromatic nitrogens is 4. The van der Waals surface area contributed by atoms with Gasteiger partial charge in [-0.05, 0) is 51.5 Å². The van der Waals surface area contributed by atoms with Crippen molar-refractivity contribution in [3.05, 3.63) is 47.9 Å². The van der Waals surface area contributed by atoms with E-state index >= 15 is 0 Å². The largest absolute Gasteiger partial charge is 0.481 e. The highest BCUT2D eigenvalue weighted by atomic mass is 16.4. The third kappa shape index (κ3) is 3.94. The molecule has 3 aromatic rings. The molecule has 0 radical (unpaired) electrons. The van der Waals surface area contributed by atoms with Crippen LogP contribution < -0.4 is 5.32 Å². The summed E-state index contributed by atoms with van der Waals surface area (Å²) < 4.78 is 1.61. The summed E-state index contributed by atoms with van der Waals surface area (Å²) in [7, 11) is 0. The molecule has 27 heavy (non-hydrogen) atoms. The summed E-state index contributed by atoms with van der Waals surface area (Å²) in [6.07, 6.45) is 2.01. The summed E-state index contributed by atoms with van der Waals surface area (Å²) >= 11 is 0. The molecular weight excluding hydrogens is 346 g/mol. The first-order chi connectivity index (χ1) is 12.8. The molecule has 2 N–H and O–H groups in total. The third-order valence-corrected chi connectivity index (χ3v) is 4.38. The number of carbonyl (C=O) groups is 2. The van der Waals surface area contributed by atoms with Gasteiger partial charge in [0.05, 0.1) is 16.9 Å². The molecule has 1 aromatic carbocycles. The average Bonchev–Trinajstić information content (AvgIpc) is 3.01. The van der Waals surface area contributed by atoms with Crippen LogP contribution in [0.5, 0.6) is 0 Å². The fourth-order valence-corrected chi connectivity index (χ4v) is 2.89. The summed E-state index contributed by atoms with van der Waals surface area (Å²) in [6.45, 7) is 5.34. The molecule has 3 rings (SSSR count). The lowest BCUT2D eigenvalue weighted by Gasteiger charge is -2.25. The number of benzene rings is 1. The molecule has 0 aliphatic heterocycles.